The summed E-state index contributed by atoms with van der Waals surface area (Å²) >= 11 is 0. The fraction of sp³-hybridized carbons (Fsp3) is 0.393. The van der Waals surface area contributed by atoms with Gasteiger partial charge < -0.3 is 25.1 Å². The number of amides is 1. The molecule has 1 fully saturated rings. The maximum Gasteiger partial charge on any atom is 0.329 e. The van der Waals surface area contributed by atoms with Crippen molar-refractivity contribution in [3.63, 3.8) is 0 Å². The van der Waals surface area contributed by atoms with Crippen molar-refractivity contribution in [1.82, 2.24) is 9.78 Å². The number of carbonyl (C=O) groups is 2. The molecule has 2 aromatic carbocycles. The Kier molecular flexibility index (Phi) is 10.5. The first kappa shape index (κ1) is 27.7. The van der Waals surface area contributed by atoms with Gasteiger partial charge in [0, 0.05) is 19.2 Å². The van der Waals surface area contributed by atoms with Crippen LogP contribution in [0.5, 0.6) is 11.6 Å². The van der Waals surface area contributed by atoms with Crippen LogP contribution in [0.2, 0.25) is 0 Å². The number of nitrogens with zero attached hydrogens (tertiary/aromatic N) is 2. The number of hydrogen-bond acceptors (Lipinski definition) is 6. The van der Waals surface area contributed by atoms with E-state index in [0.29, 0.717) is 11.8 Å². The van der Waals surface area contributed by atoms with Crippen LogP contribution in [0.15, 0.2) is 54.6 Å². The summed E-state index contributed by atoms with van der Waals surface area (Å²) in [5.74, 6) is 0.287. The third-order valence-electron chi connectivity index (χ3n) is 6.10. The van der Waals surface area contributed by atoms with E-state index in [1.807, 2.05) is 42.5 Å². The molecule has 1 aliphatic carbocycles. The number of nitrogens with two attached hydrogens (primary N) is 1. The molecular weight excluding hydrogens is 474 g/mol. The minimum Gasteiger partial charge on any atom is -0.497 e. The molecule has 1 aliphatic rings. The highest BCUT2D eigenvalue weighted by molar-refractivity contribution is 5.86. The predicted octanol–water partition coefficient (Wildman–Crippen LogP) is 4.39. The molecule has 0 saturated heterocycles. The Bertz CT molecular complexity index is 1160. The van der Waals surface area contributed by atoms with Gasteiger partial charge in [0.15, 0.2) is 6.61 Å². The zero-order valence-corrected chi connectivity index (χ0v) is 21.4. The van der Waals surface area contributed by atoms with E-state index < -0.39 is 11.9 Å². The SMILES string of the molecule is COCC(=O)O.COc1cccc(-c2c(OCC(N)=O)nn(CC3CCCCC3)c2-c2ccccc2)c1. The lowest BCUT2D eigenvalue weighted by atomic mass is 9.89. The normalized spacial score (nSPS) is 13.4. The van der Waals surface area contributed by atoms with E-state index in [-0.39, 0.29) is 13.2 Å². The average Bonchev–Trinajstić information content (AvgIpc) is 3.26. The molecule has 198 valence electrons. The third kappa shape index (κ3) is 8.08. The summed E-state index contributed by atoms with van der Waals surface area (Å²) in [6.45, 7) is 0.396. The highest BCUT2D eigenvalue weighted by atomic mass is 16.5. The lowest BCUT2D eigenvalue weighted by Crippen LogP contribution is -2.20. The molecule has 0 aliphatic heterocycles. The van der Waals surface area contributed by atoms with Crippen molar-refractivity contribution in [3.05, 3.63) is 54.6 Å². The number of primary amides is 1. The highest BCUT2D eigenvalue weighted by Crippen LogP contribution is 2.41. The second kappa shape index (κ2) is 14.0. The van der Waals surface area contributed by atoms with Crippen molar-refractivity contribution in [1.29, 1.82) is 0 Å². The molecule has 1 heterocycles. The van der Waals surface area contributed by atoms with Crippen molar-refractivity contribution in [2.24, 2.45) is 11.7 Å². The molecule has 1 amide bonds. The van der Waals surface area contributed by atoms with Crippen LogP contribution >= 0.6 is 0 Å². The van der Waals surface area contributed by atoms with E-state index in [1.54, 1.807) is 7.11 Å². The van der Waals surface area contributed by atoms with Crippen molar-refractivity contribution in [3.8, 4) is 34.0 Å². The highest BCUT2D eigenvalue weighted by Gasteiger charge is 2.25. The molecule has 0 atom stereocenters. The van der Waals surface area contributed by atoms with Crippen molar-refractivity contribution in [2.45, 2.75) is 38.6 Å². The van der Waals surface area contributed by atoms with E-state index in [2.05, 4.69) is 21.6 Å². The molecule has 9 heteroatoms. The first-order valence-electron chi connectivity index (χ1n) is 12.3. The number of aliphatic carboxylic acids is 1. The second-order valence-corrected chi connectivity index (χ2v) is 8.89. The summed E-state index contributed by atoms with van der Waals surface area (Å²) in [4.78, 5) is 20.9. The fourth-order valence-electron chi connectivity index (χ4n) is 4.48. The summed E-state index contributed by atoms with van der Waals surface area (Å²) in [5, 5.41) is 12.6. The first-order chi connectivity index (χ1) is 17.9. The Hall–Kier alpha value is -3.85. The molecule has 1 aromatic heterocycles. The summed E-state index contributed by atoms with van der Waals surface area (Å²) in [7, 11) is 2.99. The predicted molar refractivity (Wildman–Crippen MR) is 140 cm³/mol. The van der Waals surface area contributed by atoms with Crippen LogP contribution in [-0.4, -0.2) is 54.2 Å². The van der Waals surface area contributed by atoms with Crippen LogP contribution in [0.4, 0.5) is 0 Å². The molecule has 0 unspecified atom stereocenters. The van der Waals surface area contributed by atoms with Gasteiger partial charge in [0.25, 0.3) is 5.91 Å². The number of carboxylic acid groups (broad SMARTS) is 1. The van der Waals surface area contributed by atoms with E-state index >= 15 is 0 Å². The summed E-state index contributed by atoms with van der Waals surface area (Å²) in [6, 6.07) is 18.0. The Morgan fingerprint density at radius 2 is 1.70 bits per heavy atom. The smallest absolute Gasteiger partial charge is 0.329 e. The average molecular weight is 510 g/mol. The zero-order valence-electron chi connectivity index (χ0n) is 21.4. The van der Waals surface area contributed by atoms with E-state index in [1.165, 1.54) is 39.2 Å². The number of carbonyl (C=O) groups excluding carboxylic acids is 1. The minimum absolute atomic E-state index is 0.208. The topological polar surface area (TPSA) is 126 Å². The lowest BCUT2D eigenvalue weighted by Gasteiger charge is -2.22. The number of ether oxygens (including phenoxy) is 3. The van der Waals surface area contributed by atoms with Crippen LogP contribution in [0, 0.1) is 5.92 Å². The van der Waals surface area contributed by atoms with Crippen LogP contribution in [0.25, 0.3) is 22.4 Å². The minimum atomic E-state index is -0.933. The van der Waals surface area contributed by atoms with Gasteiger partial charge in [-0.15, -0.1) is 5.10 Å². The van der Waals surface area contributed by atoms with Gasteiger partial charge in [-0.05, 0) is 36.5 Å². The standard InChI is InChI=1S/C25H29N3O3.C3H6O3/c1-30-21-14-8-13-20(15-21)23-24(19-11-6-3-7-12-19)28(16-18-9-4-2-5-10-18)27-25(23)31-17-22(26)29;1-6-2-3(4)5/h3,6-8,11-15,18H,2,4-5,9-10,16-17H2,1H3,(H2,26,29);2H2,1H3,(H,4,5). The molecule has 0 bridgehead atoms. The molecule has 3 N–H and O–H groups in total. The second-order valence-electron chi connectivity index (χ2n) is 8.89. The van der Waals surface area contributed by atoms with Crippen LogP contribution in [0.1, 0.15) is 32.1 Å². The largest absolute Gasteiger partial charge is 0.497 e. The molecule has 4 rings (SSSR count). The first-order valence-corrected chi connectivity index (χ1v) is 12.3. The van der Waals surface area contributed by atoms with E-state index in [4.69, 9.17) is 25.4 Å². The van der Waals surface area contributed by atoms with Gasteiger partial charge in [0.1, 0.15) is 12.4 Å². The summed E-state index contributed by atoms with van der Waals surface area (Å²) in [6.07, 6.45) is 6.25. The van der Waals surface area contributed by atoms with Crippen LogP contribution in [0.3, 0.4) is 0 Å². The van der Waals surface area contributed by atoms with Crippen molar-refractivity contribution >= 4 is 11.9 Å². The number of hydrogen-bond donors (Lipinski definition) is 2. The van der Waals surface area contributed by atoms with Gasteiger partial charge in [-0.2, -0.15) is 0 Å². The molecule has 0 spiro atoms. The number of benzene rings is 2. The maximum absolute atomic E-state index is 11.4. The van der Waals surface area contributed by atoms with E-state index in [9.17, 15) is 9.59 Å². The summed E-state index contributed by atoms with van der Waals surface area (Å²) in [5.41, 5.74) is 9.17. The Morgan fingerprint density at radius 1 is 1.00 bits per heavy atom. The molecule has 1 saturated carbocycles. The van der Waals surface area contributed by atoms with Gasteiger partial charge in [-0.25, -0.2) is 4.79 Å². The Morgan fingerprint density at radius 3 is 2.30 bits per heavy atom. The number of carboxylic acids is 1. The summed E-state index contributed by atoms with van der Waals surface area (Å²) < 4.78 is 17.5. The quantitative estimate of drug-likeness (QED) is 0.415. The fourth-order valence-corrected chi connectivity index (χ4v) is 4.48. The maximum atomic E-state index is 11.4. The van der Waals surface area contributed by atoms with E-state index in [0.717, 1.165) is 34.7 Å². The van der Waals surface area contributed by atoms with Crippen molar-refractivity contribution in [2.75, 3.05) is 27.4 Å². The molecule has 9 nitrogen and oxygen atoms in total. The van der Waals surface area contributed by atoms with Gasteiger partial charge >= 0.3 is 5.97 Å². The van der Waals surface area contributed by atoms with Gasteiger partial charge in [0.05, 0.1) is 18.4 Å². The third-order valence-corrected chi connectivity index (χ3v) is 6.10. The molecular formula is C28H35N3O6. The lowest BCUT2D eigenvalue weighted by molar-refractivity contribution is -0.141. The van der Waals surface area contributed by atoms with Gasteiger partial charge in [0.2, 0.25) is 5.88 Å². The number of aromatic nitrogens is 2. The van der Waals surface area contributed by atoms with Crippen LogP contribution < -0.4 is 15.2 Å². The Balaban J connectivity index is 0.000000568. The zero-order chi connectivity index (χ0) is 26.6. The number of methoxy groups -OCH3 is 2. The Labute approximate surface area is 217 Å². The number of rotatable bonds is 10. The monoisotopic (exact) mass is 509 g/mol. The van der Waals surface area contributed by atoms with Crippen molar-refractivity contribution < 1.29 is 28.9 Å². The van der Waals surface area contributed by atoms with Gasteiger partial charge in [-0.3, -0.25) is 9.48 Å². The molecule has 37 heavy (non-hydrogen) atoms. The molecule has 0 radical (unpaired) electrons. The molecule has 3 aromatic rings. The van der Waals surface area contributed by atoms with Gasteiger partial charge in [-0.1, -0.05) is 61.7 Å². The van der Waals surface area contributed by atoms with Crippen LogP contribution in [-0.2, 0) is 20.9 Å².